The maximum atomic E-state index is 2.49. The van der Waals surface area contributed by atoms with Gasteiger partial charge in [-0.3, -0.25) is 0 Å². The highest BCUT2D eigenvalue weighted by atomic mass is 14.4. The largest absolute Gasteiger partial charge is 0.0696 e. The fourth-order valence-corrected chi connectivity index (χ4v) is 4.84. The Kier molecular flexibility index (Phi) is 4.43. The highest BCUT2D eigenvalue weighted by Crippen LogP contribution is 2.45. The molecular weight excluding hydrogens is 252 g/mol. The van der Waals surface area contributed by atoms with Crippen LogP contribution in [-0.2, 0) is 0 Å². The Morgan fingerprint density at radius 2 is 1.57 bits per heavy atom. The summed E-state index contributed by atoms with van der Waals surface area (Å²) in [5.41, 5.74) is 6.78. The van der Waals surface area contributed by atoms with E-state index < -0.39 is 0 Å². The molecule has 0 nitrogen and oxygen atoms in total. The van der Waals surface area contributed by atoms with E-state index in [1.165, 1.54) is 44.9 Å². The smallest absolute Gasteiger partial charge is 0.00284 e. The van der Waals surface area contributed by atoms with Gasteiger partial charge in [-0.05, 0) is 67.9 Å². The molecule has 0 N–H and O–H groups in total. The van der Waals surface area contributed by atoms with Gasteiger partial charge >= 0.3 is 0 Å². The Morgan fingerprint density at radius 3 is 2.24 bits per heavy atom. The number of hydrogen-bond donors (Lipinski definition) is 0. The lowest BCUT2D eigenvalue weighted by atomic mass is 9.73. The summed E-state index contributed by atoms with van der Waals surface area (Å²) < 4.78 is 0. The molecule has 3 aliphatic rings. The van der Waals surface area contributed by atoms with E-state index >= 15 is 0 Å². The Labute approximate surface area is 131 Å². The van der Waals surface area contributed by atoms with Gasteiger partial charge in [0, 0.05) is 5.92 Å². The molecule has 0 radical (unpaired) electrons. The van der Waals surface area contributed by atoms with Gasteiger partial charge in [0.2, 0.25) is 0 Å². The van der Waals surface area contributed by atoms with Crippen molar-refractivity contribution in [3.05, 3.63) is 34.4 Å². The van der Waals surface area contributed by atoms with Gasteiger partial charge in [0.1, 0.15) is 0 Å². The zero-order valence-electron chi connectivity index (χ0n) is 14.4. The van der Waals surface area contributed by atoms with Gasteiger partial charge in [-0.1, -0.05) is 56.9 Å². The topological polar surface area (TPSA) is 0 Å². The highest BCUT2D eigenvalue weighted by molar-refractivity contribution is 5.48. The Hall–Kier alpha value is -0.780. The van der Waals surface area contributed by atoms with Crippen LogP contribution in [0.1, 0.15) is 72.6 Å². The van der Waals surface area contributed by atoms with E-state index in [-0.39, 0.29) is 0 Å². The summed E-state index contributed by atoms with van der Waals surface area (Å²) in [7, 11) is 0. The van der Waals surface area contributed by atoms with Gasteiger partial charge in [0.15, 0.2) is 0 Å². The molecule has 3 rings (SSSR count). The van der Waals surface area contributed by atoms with Crippen molar-refractivity contribution in [2.24, 2.45) is 23.7 Å². The van der Waals surface area contributed by atoms with Crippen LogP contribution in [0.3, 0.4) is 0 Å². The lowest BCUT2D eigenvalue weighted by molar-refractivity contribution is 0.311. The van der Waals surface area contributed by atoms with Crippen molar-refractivity contribution >= 4 is 0 Å². The second-order valence-electron chi connectivity index (χ2n) is 8.07. The van der Waals surface area contributed by atoms with Gasteiger partial charge in [-0.2, -0.15) is 0 Å². The molecule has 0 heterocycles. The fraction of sp³-hybridized carbons (Fsp3) is 0.714. The van der Waals surface area contributed by atoms with Crippen molar-refractivity contribution in [3.63, 3.8) is 0 Å². The number of rotatable bonds is 2. The van der Waals surface area contributed by atoms with Crippen molar-refractivity contribution < 1.29 is 0 Å². The molecule has 0 heteroatoms. The molecule has 0 aliphatic heterocycles. The molecule has 2 atom stereocenters. The predicted octanol–water partition coefficient (Wildman–Crippen LogP) is 6.45. The molecular formula is C21H32. The van der Waals surface area contributed by atoms with Gasteiger partial charge in [-0.25, -0.2) is 0 Å². The van der Waals surface area contributed by atoms with Crippen LogP contribution >= 0.6 is 0 Å². The molecule has 0 aromatic rings. The molecule has 116 valence electrons. The fourth-order valence-electron chi connectivity index (χ4n) is 4.84. The summed E-state index contributed by atoms with van der Waals surface area (Å²) >= 11 is 0. The zero-order valence-corrected chi connectivity index (χ0v) is 14.4. The van der Waals surface area contributed by atoms with Gasteiger partial charge in [0.05, 0.1) is 0 Å². The van der Waals surface area contributed by atoms with E-state index in [0.29, 0.717) is 5.92 Å². The maximum absolute atomic E-state index is 2.49. The third-order valence-electron chi connectivity index (χ3n) is 6.31. The second-order valence-corrected chi connectivity index (χ2v) is 8.07. The summed E-state index contributed by atoms with van der Waals surface area (Å²) in [4.78, 5) is 0. The summed E-state index contributed by atoms with van der Waals surface area (Å²) in [5, 5.41) is 0. The molecule has 1 saturated carbocycles. The minimum Gasteiger partial charge on any atom is -0.0696 e. The minimum absolute atomic E-state index is 0.682. The van der Waals surface area contributed by atoms with Crippen molar-refractivity contribution in [1.29, 1.82) is 0 Å². The van der Waals surface area contributed by atoms with Crippen LogP contribution in [0.2, 0.25) is 0 Å². The maximum Gasteiger partial charge on any atom is 0.00284 e. The zero-order chi connectivity index (χ0) is 15.0. The lowest BCUT2D eigenvalue weighted by Gasteiger charge is -2.32. The Balaban J connectivity index is 1.70. The van der Waals surface area contributed by atoms with Gasteiger partial charge < -0.3 is 0 Å². The highest BCUT2D eigenvalue weighted by Gasteiger charge is 2.30. The summed E-state index contributed by atoms with van der Waals surface area (Å²) in [6.07, 6.45) is 14.7. The molecule has 0 saturated heterocycles. The van der Waals surface area contributed by atoms with Crippen LogP contribution in [0.15, 0.2) is 34.4 Å². The van der Waals surface area contributed by atoms with Crippen molar-refractivity contribution in [1.82, 2.24) is 0 Å². The van der Waals surface area contributed by atoms with Crippen LogP contribution in [0, 0.1) is 23.7 Å². The first-order valence-electron chi connectivity index (χ1n) is 9.17. The van der Waals surface area contributed by atoms with E-state index in [0.717, 1.165) is 17.8 Å². The molecule has 0 aromatic carbocycles. The number of allylic oxidation sites excluding steroid dienone is 6. The molecule has 1 fully saturated rings. The second kappa shape index (κ2) is 6.15. The summed E-state index contributed by atoms with van der Waals surface area (Å²) in [6.45, 7) is 9.66. The average Bonchev–Trinajstić information content (AvgIpc) is 2.82. The van der Waals surface area contributed by atoms with Crippen molar-refractivity contribution in [2.75, 3.05) is 0 Å². The standard InChI is InChI=1S/C21H32/c1-14-5-8-18(9-6-14)20-11-12-21(17(20)4)19-10-7-15(2)13-16(19)3/h11-12,14-15,17-18H,5-10,13H2,1-4H3. The molecule has 21 heavy (non-hydrogen) atoms. The van der Waals surface area contributed by atoms with Crippen LogP contribution in [0.5, 0.6) is 0 Å². The van der Waals surface area contributed by atoms with E-state index in [2.05, 4.69) is 39.8 Å². The molecule has 0 aromatic heterocycles. The molecule has 0 spiro atoms. The first-order chi connectivity index (χ1) is 10.1. The lowest BCUT2D eigenvalue weighted by Crippen LogP contribution is -2.18. The molecule has 2 unspecified atom stereocenters. The van der Waals surface area contributed by atoms with E-state index in [1.807, 2.05) is 0 Å². The summed E-state index contributed by atoms with van der Waals surface area (Å²) in [5.74, 6) is 3.39. The van der Waals surface area contributed by atoms with E-state index in [1.54, 1.807) is 22.3 Å². The minimum atomic E-state index is 0.682. The van der Waals surface area contributed by atoms with Crippen LogP contribution in [0.4, 0.5) is 0 Å². The Bertz CT molecular complexity index is 480. The predicted molar refractivity (Wildman–Crippen MR) is 92.2 cm³/mol. The van der Waals surface area contributed by atoms with Crippen molar-refractivity contribution in [2.45, 2.75) is 72.6 Å². The normalized spacial score (nSPS) is 37.5. The average molecular weight is 284 g/mol. The van der Waals surface area contributed by atoms with Gasteiger partial charge in [-0.15, -0.1) is 0 Å². The third-order valence-corrected chi connectivity index (χ3v) is 6.31. The molecule has 3 aliphatic carbocycles. The third kappa shape index (κ3) is 3.05. The van der Waals surface area contributed by atoms with Crippen molar-refractivity contribution in [3.8, 4) is 0 Å². The molecule has 0 amide bonds. The van der Waals surface area contributed by atoms with Crippen LogP contribution < -0.4 is 0 Å². The van der Waals surface area contributed by atoms with Gasteiger partial charge in [0.25, 0.3) is 0 Å². The Morgan fingerprint density at radius 1 is 0.857 bits per heavy atom. The first kappa shape index (κ1) is 15.1. The molecule has 0 bridgehead atoms. The van der Waals surface area contributed by atoms with Crippen LogP contribution in [0.25, 0.3) is 0 Å². The van der Waals surface area contributed by atoms with E-state index in [9.17, 15) is 0 Å². The number of hydrogen-bond acceptors (Lipinski definition) is 0. The van der Waals surface area contributed by atoms with Crippen LogP contribution in [-0.4, -0.2) is 0 Å². The quantitative estimate of drug-likeness (QED) is 0.546. The SMILES string of the molecule is CC1=C(C2=CC=C(C3CCC(C)CC3)C2C)CCC(C)C1. The first-order valence-corrected chi connectivity index (χ1v) is 9.17. The van der Waals surface area contributed by atoms with E-state index in [4.69, 9.17) is 0 Å². The monoisotopic (exact) mass is 284 g/mol. The summed E-state index contributed by atoms with van der Waals surface area (Å²) in [6, 6.07) is 0.